The van der Waals surface area contributed by atoms with Gasteiger partial charge in [0.25, 0.3) is 0 Å². The molecule has 9 heteroatoms. The molecular formula is C25H34BrN3O4S. The van der Waals surface area contributed by atoms with E-state index in [0.717, 1.165) is 38.1 Å². The topological polar surface area (TPSA) is 86.8 Å². The summed E-state index contributed by atoms with van der Waals surface area (Å²) in [5, 5.41) is 2.92. The van der Waals surface area contributed by atoms with Crippen LogP contribution in [0.25, 0.3) is 0 Å². The summed E-state index contributed by atoms with van der Waals surface area (Å²) in [6, 6.07) is 12.1. The molecule has 0 aliphatic carbocycles. The van der Waals surface area contributed by atoms with Gasteiger partial charge in [0, 0.05) is 17.1 Å². The summed E-state index contributed by atoms with van der Waals surface area (Å²) >= 11 is 3.44. The molecule has 0 aliphatic heterocycles. The van der Waals surface area contributed by atoms with Crippen LogP contribution in [-0.4, -0.2) is 50.0 Å². The van der Waals surface area contributed by atoms with Crippen molar-refractivity contribution < 1.29 is 18.0 Å². The van der Waals surface area contributed by atoms with Crippen LogP contribution in [0.3, 0.4) is 0 Å². The normalized spacial score (nSPS) is 13.1. The van der Waals surface area contributed by atoms with E-state index in [2.05, 4.69) is 21.2 Å². The number of rotatable bonds is 10. The number of benzene rings is 2. The monoisotopic (exact) mass is 551 g/mol. The number of hydrogen-bond donors (Lipinski definition) is 1. The number of carbonyl (C=O) groups is 2. The molecule has 0 aliphatic rings. The fourth-order valence-corrected chi connectivity index (χ4v) is 4.81. The largest absolute Gasteiger partial charge is 0.352 e. The maximum absolute atomic E-state index is 13.6. The maximum Gasteiger partial charge on any atom is 0.244 e. The second kappa shape index (κ2) is 11.8. The Kier molecular flexibility index (Phi) is 9.70. The third-order valence-electron chi connectivity index (χ3n) is 5.72. The summed E-state index contributed by atoms with van der Waals surface area (Å²) in [5.74, 6) is -0.742. The Morgan fingerprint density at radius 3 is 2.35 bits per heavy atom. The first-order valence-corrected chi connectivity index (χ1v) is 13.9. The number of amides is 2. The van der Waals surface area contributed by atoms with Gasteiger partial charge in [-0.3, -0.25) is 13.9 Å². The average molecular weight is 553 g/mol. The fourth-order valence-electron chi connectivity index (χ4n) is 3.46. The lowest BCUT2D eigenvalue weighted by molar-refractivity contribution is -0.139. The van der Waals surface area contributed by atoms with Crippen LogP contribution >= 0.6 is 15.9 Å². The lowest BCUT2D eigenvalue weighted by Crippen LogP contribution is -2.52. The van der Waals surface area contributed by atoms with Crippen molar-refractivity contribution in [3.8, 4) is 0 Å². The van der Waals surface area contributed by atoms with Gasteiger partial charge in [0.1, 0.15) is 12.6 Å². The smallest absolute Gasteiger partial charge is 0.244 e. The average Bonchev–Trinajstić information content (AvgIpc) is 2.76. The van der Waals surface area contributed by atoms with Crippen LogP contribution < -0.4 is 9.62 Å². The van der Waals surface area contributed by atoms with Gasteiger partial charge >= 0.3 is 0 Å². The number of halogens is 1. The van der Waals surface area contributed by atoms with Crippen molar-refractivity contribution in [2.24, 2.45) is 0 Å². The minimum absolute atomic E-state index is 0.0415. The van der Waals surface area contributed by atoms with Gasteiger partial charge in [-0.1, -0.05) is 47.1 Å². The Morgan fingerprint density at radius 1 is 1.09 bits per heavy atom. The molecule has 2 rings (SSSR count). The Hall–Kier alpha value is -2.39. The van der Waals surface area contributed by atoms with Gasteiger partial charge in [0.05, 0.1) is 11.9 Å². The summed E-state index contributed by atoms with van der Waals surface area (Å²) in [7, 11) is -3.76. The van der Waals surface area contributed by atoms with Crippen molar-refractivity contribution in [3.63, 3.8) is 0 Å². The number of anilines is 1. The Balaban J connectivity index is 2.43. The van der Waals surface area contributed by atoms with Crippen LogP contribution in [0.4, 0.5) is 5.69 Å². The van der Waals surface area contributed by atoms with Crippen molar-refractivity contribution in [2.75, 3.05) is 17.1 Å². The second-order valence-electron chi connectivity index (χ2n) is 8.70. The number of sulfonamides is 1. The van der Waals surface area contributed by atoms with E-state index in [0.29, 0.717) is 5.69 Å². The second-order valence-corrected chi connectivity index (χ2v) is 11.5. The predicted octanol–water partition coefficient (Wildman–Crippen LogP) is 4.16. The minimum atomic E-state index is -3.76. The first-order chi connectivity index (χ1) is 15.8. The summed E-state index contributed by atoms with van der Waals surface area (Å²) in [6.07, 6.45) is 1.84. The standard InChI is InChI=1S/C25H34BrN3O4S/c1-7-19(4)27-25(31)20(5)28(15-21-9-8-10-22(26)14-21)24(30)16-29(34(6,32)33)23-13-17(2)11-12-18(23)3/h8-14,19-20H,7,15-16H2,1-6H3,(H,27,31)/t19-,20+/m0/s1. The third-order valence-corrected chi connectivity index (χ3v) is 7.34. The van der Waals surface area contributed by atoms with E-state index >= 15 is 0 Å². The van der Waals surface area contributed by atoms with Crippen LogP contribution in [0.15, 0.2) is 46.9 Å². The zero-order valence-corrected chi connectivity index (χ0v) is 23.0. The maximum atomic E-state index is 13.6. The van der Waals surface area contributed by atoms with E-state index in [-0.39, 0.29) is 18.5 Å². The predicted molar refractivity (Wildman–Crippen MR) is 140 cm³/mol. The van der Waals surface area contributed by atoms with Crippen LogP contribution in [0, 0.1) is 13.8 Å². The number of nitrogens with one attached hydrogen (secondary N) is 1. The van der Waals surface area contributed by atoms with Gasteiger partial charge in [-0.25, -0.2) is 8.42 Å². The van der Waals surface area contributed by atoms with Gasteiger partial charge < -0.3 is 10.2 Å². The molecule has 7 nitrogen and oxygen atoms in total. The molecule has 0 aromatic heterocycles. The highest BCUT2D eigenvalue weighted by molar-refractivity contribution is 9.10. The van der Waals surface area contributed by atoms with Gasteiger partial charge in [-0.05, 0) is 69.0 Å². The van der Waals surface area contributed by atoms with Gasteiger partial charge in [-0.2, -0.15) is 0 Å². The number of nitrogens with zero attached hydrogens (tertiary/aromatic N) is 2. The van der Waals surface area contributed by atoms with E-state index in [1.165, 1.54) is 4.90 Å². The summed E-state index contributed by atoms with van der Waals surface area (Å²) < 4.78 is 27.4. The molecule has 0 radical (unpaired) electrons. The highest BCUT2D eigenvalue weighted by Crippen LogP contribution is 2.25. The SMILES string of the molecule is CC[C@H](C)NC(=O)[C@@H](C)N(Cc1cccc(Br)c1)C(=O)CN(c1cc(C)ccc1C)S(C)(=O)=O. The summed E-state index contributed by atoms with van der Waals surface area (Å²) in [6.45, 7) is 8.96. The molecule has 0 unspecified atom stereocenters. The van der Waals surface area contributed by atoms with E-state index in [1.54, 1.807) is 19.9 Å². The van der Waals surface area contributed by atoms with Gasteiger partial charge in [0.15, 0.2) is 0 Å². The lowest BCUT2D eigenvalue weighted by Gasteiger charge is -2.32. The minimum Gasteiger partial charge on any atom is -0.352 e. The number of hydrogen-bond acceptors (Lipinski definition) is 4. The molecule has 186 valence electrons. The summed E-state index contributed by atoms with van der Waals surface area (Å²) in [4.78, 5) is 27.9. The van der Waals surface area contributed by atoms with E-state index in [4.69, 9.17) is 0 Å². The summed E-state index contributed by atoms with van der Waals surface area (Å²) in [5.41, 5.74) is 2.90. The molecule has 0 saturated heterocycles. The molecule has 0 heterocycles. The molecular weight excluding hydrogens is 518 g/mol. The molecule has 2 aromatic rings. The Morgan fingerprint density at radius 2 is 1.76 bits per heavy atom. The first kappa shape index (κ1) is 27.9. The highest BCUT2D eigenvalue weighted by atomic mass is 79.9. The van der Waals surface area contributed by atoms with Crippen LogP contribution in [0.2, 0.25) is 0 Å². The molecule has 2 amide bonds. The molecule has 0 fully saturated rings. The molecule has 34 heavy (non-hydrogen) atoms. The van der Waals surface area contributed by atoms with E-state index in [1.807, 2.05) is 57.2 Å². The number of carbonyl (C=O) groups excluding carboxylic acids is 2. The first-order valence-electron chi connectivity index (χ1n) is 11.2. The molecule has 1 N–H and O–H groups in total. The zero-order valence-electron chi connectivity index (χ0n) is 20.6. The van der Waals surface area contributed by atoms with Crippen LogP contribution in [0.1, 0.15) is 43.9 Å². The lowest BCUT2D eigenvalue weighted by atomic mass is 10.1. The van der Waals surface area contributed by atoms with Crippen molar-refractivity contribution in [3.05, 3.63) is 63.6 Å². The zero-order chi connectivity index (χ0) is 25.6. The molecule has 2 aromatic carbocycles. The number of aryl methyl sites for hydroxylation is 2. The van der Waals surface area contributed by atoms with E-state index < -0.39 is 28.5 Å². The van der Waals surface area contributed by atoms with Crippen molar-refractivity contribution in [2.45, 2.75) is 59.7 Å². The highest BCUT2D eigenvalue weighted by Gasteiger charge is 2.31. The van der Waals surface area contributed by atoms with Crippen LogP contribution in [0.5, 0.6) is 0 Å². The Labute approximate surface area is 211 Å². The van der Waals surface area contributed by atoms with Gasteiger partial charge in [-0.15, -0.1) is 0 Å². The molecule has 0 saturated carbocycles. The molecule has 2 atom stereocenters. The van der Waals surface area contributed by atoms with Crippen molar-refractivity contribution in [1.82, 2.24) is 10.2 Å². The van der Waals surface area contributed by atoms with Gasteiger partial charge in [0.2, 0.25) is 21.8 Å². The molecule has 0 spiro atoms. The van der Waals surface area contributed by atoms with Crippen molar-refractivity contribution in [1.29, 1.82) is 0 Å². The quantitative estimate of drug-likeness (QED) is 0.480. The molecule has 0 bridgehead atoms. The van der Waals surface area contributed by atoms with Crippen molar-refractivity contribution >= 4 is 43.5 Å². The fraction of sp³-hybridized carbons (Fsp3) is 0.440. The van der Waals surface area contributed by atoms with Crippen LogP contribution in [-0.2, 0) is 26.2 Å². The third kappa shape index (κ3) is 7.56. The van der Waals surface area contributed by atoms with E-state index in [9.17, 15) is 18.0 Å². The Bertz CT molecular complexity index is 1140.